The van der Waals surface area contributed by atoms with Crippen LogP contribution in [-0.4, -0.2) is 34.9 Å². The van der Waals surface area contributed by atoms with Gasteiger partial charge in [0.05, 0.1) is 17.4 Å². The molecule has 1 saturated heterocycles. The first-order valence-electron chi connectivity index (χ1n) is 8.44. The van der Waals surface area contributed by atoms with Gasteiger partial charge >= 0.3 is 6.18 Å². The molecule has 1 fully saturated rings. The van der Waals surface area contributed by atoms with Crippen molar-refractivity contribution in [2.75, 3.05) is 13.2 Å². The lowest BCUT2D eigenvalue weighted by atomic mass is 10.2. The van der Waals surface area contributed by atoms with E-state index in [-0.39, 0.29) is 24.0 Å². The van der Waals surface area contributed by atoms with Gasteiger partial charge in [-0.05, 0) is 38.0 Å². The summed E-state index contributed by atoms with van der Waals surface area (Å²) in [6, 6.07) is 5.70. The van der Waals surface area contributed by atoms with Gasteiger partial charge < -0.3 is 10.1 Å². The molecule has 2 aromatic rings. The number of nitrogens with zero attached hydrogens (tertiary/aromatic N) is 2. The molecule has 1 amide bonds. The van der Waals surface area contributed by atoms with E-state index in [1.165, 1.54) is 25.1 Å². The van der Waals surface area contributed by atoms with Gasteiger partial charge in [0.2, 0.25) is 5.43 Å². The summed E-state index contributed by atoms with van der Waals surface area (Å²) in [5.74, 6) is -0.684. The summed E-state index contributed by atoms with van der Waals surface area (Å²) in [6.07, 6.45) is -2.89. The molecule has 27 heavy (non-hydrogen) atoms. The minimum Gasteiger partial charge on any atom is -0.376 e. The van der Waals surface area contributed by atoms with E-state index >= 15 is 0 Å². The van der Waals surface area contributed by atoms with Crippen molar-refractivity contribution >= 4 is 5.91 Å². The first-order valence-corrected chi connectivity index (χ1v) is 8.44. The number of carbonyl (C=O) groups is 1. The second kappa shape index (κ2) is 7.51. The molecule has 1 aromatic carbocycles. The summed E-state index contributed by atoms with van der Waals surface area (Å²) >= 11 is 0. The molecule has 1 aromatic heterocycles. The van der Waals surface area contributed by atoms with Crippen LogP contribution in [0.1, 0.15) is 34.6 Å². The molecule has 0 bridgehead atoms. The Hall–Kier alpha value is -2.68. The van der Waals surface area contributed by atoms with Crippen molar-refractivity contribution in [3.05, 3.63) is 57.5 Å². The zero-order valence-corrected chi connectivity index (χ0v) is 14.5. The van der Waals surface area contributed by atoms with Crippen LogP contribution >= 0.6 is 0 Å². The number of alkyl halides is 3. The van der Waals surface area contributed by atoms with Crippen LogP contribution in [0.2, 0.25) is 0 Å². The molecule has 1 aliphatic rings. The molecule has 0 aliphatic carbocycles. The number of halogens is 3. The van der Waals surface area contributed by atoms with E-state index in [1.54, 1.807) is 0 Å². The van der Waals surface area contributed by atoms with Gasteiger partial charge in [0.1, 0.15) is 0 Å². The third-order valence-electron chi connectivity index (χ3n) is 4.25. The van der Waals surface area contributed by atoms with Crippen molar-refractivity contribution in [2.24, 2.45) is 0 Å². The van der Waals surface area contributed by atoms with Gasteiger partial charge in [0, 0.05) is 24.9 Å². The number of ether oxygens (including phenoxy) is 1. The van der Waals surface area contributed by atoms with Crippen LogP contribution < -0.4 is 10.7 Å². The third-order valence-corrected chi connectivity index (χ3v) is 4.25. The van der Waals surface area contributed by atoms with Crippen LogP contribution in [0.5, 0.6) is 0 Å². The number of hydrogen-bond donors (Lipinski definition) is 1. The fourth-order valence-electron chi connectivity index (χ4n) is 2.88. The van der Waals surface area contributed by atoms with E-state index in [2.05, 4.69) is 10.4 Å². The van der Waals surface area contributed by atoms with Crippen molar-refractivity contribution in [1.29, 1.82) is 0 Å². The Labute approximate surface area is 153 Å². The number of hydrogen-bond acceptors (Lipinski definition) is 4. The molecule has 0 saturated carbocycles. The molecule has 0 spiro atoms. The average molecular weight is 381 g/mol. The minimum atomic E-state index is -4.51. The predicted molar refractivity (Wildman–Crippen MR) is 90.9 cm³/mol. The van der Waals surface area contributed by atoms with Gasteiger partial charge in [0.15, 0.2) is 5.69 Å². The van der Waals surface area contributed by atoms with Gasteiger partial charge in [-0.25, -0.2) is 4.68 Å². The van der Waals surface area contributed by atoms with Crippen LogP contribution in [0.3, 0.4) is 0 Å². The molecule has 9 heteroatoms. The van der Waals surface area contributed by atoms with Gasteiger partial charge in [0.25, 0.3) is 5.91 Å². The zero-order valence-electron chi connectivity index (χ0n) is 14.5. The molecule has 1 aliphatic heterocycles. The van der Waals surface area contributed by atoms with E-state index < -0.39 is 23.1 Å². The Kier molecular flexibility index (Phi) is 5.31. The minimum absolute atomic E-state index is 0.106. The highest BCUT2D eigenvalue weighted by molar-refractivity contribution is 5.92. The van der Waals surface area contributed by atoms with Crippen LogP contribution in [0.4, 0.5) is 13.2 Å². The van der Waals surface area contributed by atoms with E-state index in [0.717, 1.165) is 29.7 Å². The third kappa shape index (κ3) is 4.36. The highest BCUT2D eigenvalue weighted by Gasteiger charge is 2.30. The summed E-state index contributed by atoms with van der Waals surface area (Å²) in [4.78, 5) is 24.5. The topological polar surface area (TPSA) is 73.2 Å². The number of benzene rings is 1. The Balaban J connectivity index is 1.90. The number of aromatic nitrogens is 2. The van der Waals surface area contributed by atoms with Crippen LogP contribution in [0, 0.1) is 6.92 Å². The van der Waals surface area contributed by atoms with E-state index in [4.69, 9.17) is 4.74 Å². The maximum absolute atomic E-state index is 12.9. The lowest BCUT2D eigenvalue weighted by Gasteiger charge is -2.14. The SMILES string of the molecule is Cc1cc(=O)c(C(=O)NCC2CCCO2)nn1-c1cccc(C(F)(F)F)c1. The molecular weight excluding hydrogens is 363 g/mol. The van der Waals surface area contributed by atoms with Crippen LogP contribution in [0.25, 0.3) is 5.69 Å². The summed E-state index contributed by atoms with van der Waals surface area (Å²) in [5, 5.41) is 6.59. The second-order valence-corrected chi connectivity index (χ2v) is 6.30. The molecule has 0 radical (unpaired) electrons. The molecule has 3 rings (SSSR count). The maximum atomic E-state index is 12.9. The number of aryl methyl sites for hydroxylation is 1. The monoisotopic (exact) mass is 381 g/mol. The Bertz CT molecular complexity index is 903. The van der Waals surface area contributed by atoms with Crippen LogP contribution in [0.15, 0.2) is 35.1 Å². The van der Waals surface area contributed by atoms with Crippen molar-refractivity contribution in [3.8, 4) is 5.69 Å². The molecule has 6 nitrogen and oxygen atoms in total. The number of amides is 1. The highest BCUT2D eigenvalue weighted by Crippen LogP contribution is 2.30. The molecule has 1 atom stereocenters. The summed E-state index contributed by atoms with van der Waals surface area (Å²) in [5.41, 5.74) is -1.40. The van der Waals surface area contributed by atoms with Crippen molar-refractivity contribution in [2.45, 2.75) is 32.0 Å². The zero-order chi connectivity index (χ0) is 19.6. The van der Waals surface area contributed by atoms with Gasteiger partial charge in [-0.3, -0.25) is 9.59 Å². The second-order valence-electron chi connectivity index (χ2n) is 6.30. The average Bonchev–Trinajstić information content (AvgIpc) is 3.13. The molecule has 1 N–H and O–H groups in total. The maximum Gasteiger partial charge on any atom is 0.416 e. The first kappa shape index (κ1) is 19.1. The molecule has 2 heterocycles. The smallest absolute Gasteiger partial charge is 0.376 e. The van der Waals surface area contributed by atoms with Crippen LogP contribution in [-0.2, 0) is 10.9 Å². The molecule has 144 valence electrons. The quantitative estimate of drug-likeness (QED) is 0.883. The summed E-state index contributed by atoms with van der Waals surface area (Å²) in [6.45, 7) is 2.41. The lowest BCUT2D eigenvalue weighted by molar-refractivity contribution is -0.137. The molecule has 1 unspecified atom stereocenters. The first-order chi connectivity index (χ1) is 12.8. The standard InChI is InChI=1S/C18H18F3N3O3/c1-11-8-15(25)16(17(26)22-10-14-6-3-7-27-14)23-24(11)13-5-2-4-12(9-13)18(19,20)21/h2,4-5,8-9,14H,3,6-7,10H2,1H3,(H,22,26). The molecular formula is C18H18F3N3O3. The number of nitrogens with one attached hydrogen (secondary N) is 1. The number of carbonyl (C=O) groups excluding carboxylic acids is 1. The predicted octanol–water partition coefficient (Wildman–Crippen LogP) is 2.47. The largest absolute Gasteiger partial charge is 0.416 e. The normalized spacial score (nSPS) is 17.1. The van der Waals surface area contributed by atoms with E-state index in [0.29, 0.717) is 12.3 Å². The van der Waals surface area contributed by atoms with E-state index in [1.807, 2.05) is 0 Å². The van der Waals surface area contributed by atoms with E-state index in [9.17, 15) is 22.8 Å². The van der Waals surface area contributed by atoms with Crippen molar-refractivity contribution in [3.63, 3.8) is 0 Å². The van der Waals surface area contributed by atoms with Crippen molar-refractivity contribution < 1.29 is 22.7 Å². The van der Waals surface area contributed by atoms with Crippen molar-refractivity contribution in [1.82, 2.24) is 15.1 Å². The Morgan fingerprint density at radius 1 is 1.37 bits per heavy atom. The Morgan fingerprint density at radius 2 is 2.15 bits per heavy atom. The fraction of sp³-hybridized carbons (Fsp3) is 0.389. The fourth-order valence-corrected chi connectivity index (χ4v) is 2.88. The van der Waals surface area contributed by atoms with Gasteiger partial charge in [-0.1, -0.05) is 6.07 Å². The summed E-state index contributed by atoms with van der Waals surface area (Å²) in [7, 11) is 0. The van der Waals surface area contributed by atoms with Gasteiger partial charge in [-0.2, -0.15) is 18.3 Å². The van der Waals surface area contributed by atoms with Gasteiger partial charge in [-0.15, -0.1) is 0 Å². The Morgan fingerprint density at radius 3 is 2.81 bits per heavy atom. The highest BCUT2D eigenvalue weighted by atomic mass is 19.4. The lowest BCUT2D eigenvalue weighted by Crippen LogP contribution is -2.36. The summed E-state index contributed by atoms with van der Waals surface area (Å²) < 4.78 is 45.4. The number of rotatable bonds is 4.